The first kappa shape index (κ1) is 12.4. The van der Waals surface area contributed by atoms with Gasteiger partial charge in [0.1, 0.15) is 5.75 Å². The van der Waals surface area contributed by atoms with Gasteiger partial charge in [-0.15, -0.1) is 0 Å². The highest BCUT2D eigenvalue weighted by molar-refractivity contribution is 5.37. The highest BCUT2D eigenvalue weighted by atomic mass is 16.5. The lowest BCUT2D eigenvalue weighted by Gasteiger charge is -2.24. The molecule has 17 heavy (non-hydrogen) atoms. The fourth-order valence-corrected chi connectivity index (χ4v) is 2.74. The molecule has 0 amide bonds. The van der Waals surface area contributed by atoms with Crippen LogP contribution in [0.4, 0.5) is 0 Å². The number of benzene rings is 1. The molecule has 1 aromatic rings. The lowest BCUT2D eigenvalue weighted by Crippen LogP contribution is -2.26. The Bertz CT molecular complexity index is 348. The molecule has 1 heterocycles. The minimum absolute atomic E-state index is 0.533. The Hall–Kier alpha value is -1.06. The average Bonchev–Trinajstić information content (AvgIpc) is 2.89. The van der Waals surface area contributed by atoms with Crippen LogP contribution in [0.1, 0.15) is 17.9 Å². The van der Waals surface area contributed by atoms with Crippen LogP contribution in [0.2, 0.25) is 0 Å². The van der Waals surface area contributed by atoms with E-state index in [4.69, 9.17) is 4.74 Å². The zero-order chi connectivity index (χ0) is 12.1. The summed E-state index contributed by atoms with van der Waals surface area (Å²) in [7, 11) is 3.77. The molecular formula is C14H22N2O. The molecule has 3 nitrogen and oxygen atoms in total. The molecule has 0 bridgehead atoms. The number of methoxy groups -OCH3 is 1. The largest absolute Gasteiger partial charge is 0.496 e. The number of hydrogen-bond acceptors (Lipinski definition) is 3. The number of likely N-dealkylation sites (N-methyl/N-ethyl adjacent to an activating group) is 1. The number of hydrogen-bond donors (Lipinski definition) is 2. The van der Waals surface area contributed by atoms with Gasteiger partial charge in [0.2, 0.25) is 0 Å². The lowest BCUT2D eigenvalue weighted by atomic mass is 9.85. The monoisotopic (exact) mass is 234 g/mol. The number of nitrogens with one attached hydrogen (secondary N) is 2. The van der Waals surface area contributed by atoms with Crippen molar-refractivity contribution in [3.05, 3.63) is 29.8 Å². The summed E-state index contributed by atoms with van der Waals surface area (Å²) in [5, 5.41) is 6.76. The SMILES string of the molecule is CNCC(c1ccccc1OC)C1CCNC1. The maximum atomic E-state index is 5.48. The third-order valence-corrected chi connectivity index (χ3v) is 3.63. The van der Waals surface area contributed by atoms with Crippen LogP contribution in [0.15, 0.2) is 24.3 Å². The summed E-state index contributed by atoms with van der Waals surface area (Å²) < 4.78 is 5.48. The van der Waals surface area contributed by atoms with E-state index in [1.807, 2.05) is 13.1 Å². The molecule has 1 aliphatic heterocycles. The maximum Gasteiger partial charge on any atom is 0.122 e. The van der Waals surface area contributed by atoms with Gasteiger partial charge in [-0.3, -0.25) is 0 Å². The Kier molecular flexibility index (Phi) is 4.40. The van der Waals surface area contributed by atoms with Gasteiger partial charge in [-0.05, 0) is 44.1 Å². The van der Waals surface area contributed by atoms with E-state index < -0.39 is 0 Å². The predicted octanol–water partition coefficient (Wildman–Crippen LogP) is 1.61. The van der Waals surface area contributed by atoms with Gasteiger partial charge in [0.25, 0.3) is 0 Å². The second kappa shape index (κ2) is 6.03. The molecule has 0 saturated carbocycles. The van der Waals surface area contributed by atoms with E-state index >= 15 is 0 Å². The standard InChI is InChI=1S/C14H22N2O/c1-15-10-13(11-7-8-16-9-11)12-5-3-4-6-14(12)17-2/h3-6,11,13,15-16H,7-10H2,1-2H3. The summed E-state index contributed by atoms with van der Waals surface area (Å²) in [6, 6.07) is 8.38. The molecule has 1 saturated heterocycles. The van der Waals surface area contributed by atoms with E-state index in [9.17, 15) is 0 Å². The second-order valence-electron chi connectivity index (χ2n) is 4.66. The molecule has 2 unspecified atom stereocenters. The normalized spacial score (nSPS) is 21.4. The molecule has 0 aliphatic carbocycles. The van der Waals surface area contributed by atoms with Gasteiger partial charge in [0.15, 0.2) is 0 Å². The molecular weight excluding hydrogens is 212 g/mol. The molecule has 1 aromatic carbocycles. The summed E-state index contributed by atoms with van der Waals surface area (Å²) >= 11 is 0. The van der Waals surface area contributed by atoms with Crippen LogP contribution in [0, 0.1) is 5.92 Å². The van der Waals surface area contributed by atoms with Crippen molar-refractivity contribution in [3.8, 4) is 5.75 Å². The highest BCUT2D eigenvalue weighted by Crippen LogP contribution is 2.34. The Balaban J connectivity index is 2.24. The van der Waals surface area contributed by atoms with Gasteiger partial charge >= 0.3 is 0 Å². The van der Waals surface area contributed by atoms with Crippen LogP contribution < -0.4 is 15.4 Å². The molecule has 2 N–H and O–H groups in total. The summed E-state index contributed by atoms with van der Waals surface area (Å²) in [5.41, 5.74) is 1.33. The van der Waals surface area contributed by atoms with Gasteiger partial charge in [-0.1, -0.05) is 18.2 Å². The van der Waals surface area contributed by atoms with Crippen molar-refractivity contribution in [1.82, 2.24) is 10.6 Å². The van der Waals surface area contributed by atoms with Crippen LogP contribution in [0.25, 0.3) is 0 Å². The van der Waals surface area contributed by atoms with Gasteiger partial charge in [-0.2, -0.15) is 0 Å². The smallest absolute Gasteiger partial charge is 0.122 e. The van der Waals surface area contributed by atoms with Crippen molar-refractivity contribution in [3.63, 3.8) is 0 Å². The lowest BCUT2D eigenvalue weighted by molar-refractivity contribution is 0.384. The molecule has 1 fully saturated rings. The Morgan fingerprint density at radius 1 is 1.47 bits per heavy atom. The summed E-state index contributed by atoms with van der Waals surface area (Å²) in [6.07, 6.45) is 1.25. The van der Waals surface area contributed by atoms with Crippen LogP contribution >= 0.6 is 0 Å². The fraction of sp³-hybridized carbons (Fsp3) is 0.571. The van der Waals surface area contributed by atoms with E-state index in [0.717, 1.165) is 25.4 Å². The van der Waals surface area contributed by atoms with E-state index in [1.165, 1.54) is 12.0 Å². The third kappa shape index (κ3) is 2.79. The van der Waals surface area contributed by atoms with Crippen molar-refractivity contribution in [2.75, 3.05) is 33.8 Å². The molecule has 94 valence electrons. The first-order valence-electron chi connectivity index (χ1n) is 6.35. The minimum atomic E-state index is 0.533. The Labute approximate surface area is 104 Å². The first-order valence-corrected chi connectivity index (χ1v) is 6.35. The van der Waals surface area contributed by atoms with E-state index in [2.05, 4.69) is 28.8 Å². The summed E-state index contributed by atoms with van der Waals surface area (Å²) in [4.78, 5) is 0. The van der Waals surface area contributed by atoms with Crippen molar-refractivity contribution in [2.45, 2.75) is 12.3 Å². The Morgan fingerprint density at radius 2 is 2.29 bits per heavy atom. The van der Waals surface area contributed by atoms with Crippen LogP contribution in [0.5, 0.6) is 5.75 Å². The van der Waals surface area contributed by atoms with Crippen molar-refractivity contribution < 1.29 is 4.74 Å². The number of para-hydroxylation sites is 1. The molecule has 0 radical (unpaired) electrons. The van der Waals surface area contributed by atoms with E-state index in [0.29, 0.717) is 11.8 Å². The van der Waals surface area contributed by atoms with Crippen molar-refractivity contribution in [1.29, 1.82) is 0 Å². The zero-order valence-electron chi connectivity index (χ0n) is 10.7. The van der Waals surface area contributed by atoms with Crippen LogP contribution in [-0.2, 0) is 0 Å². The molecule has 0 aromatic heterocycles. The Morgan fingerprint density at radius 3 is 2.94 bits per heavy atom. The van der Waals surface area contributed by atoms with E-state index in [-0.39, 0.29) is 0 Å². The van der Waals surface area contributed by atoms with Crippen LogP contribution in [0.3, 0.4) is 0 Å². The zero-order valence-corrected chi connectivity index (χ0v) is 10.7. The van der Waals surface area contributed by atoms with E-state index in [1.54, 1.807) is 7.11 Å². The van der Waals surface area contributed by atoms with Gasteiger partial charge in [0, 0.05) is 12.5 Å². The van der Waals surface area contributed by atoms with Gasteiger partial charge < -0.3 is 15.4 Å². The fourth-order valence-electron chi connectivity index (χ4n) is 2.74. The van der Waals surface area contributed by atoms with Gasteiger partial charge in [0.05, 0.1) is 7.11 Å². The average molecular weight is 234 g/mol. The highest BCUT2D eigenvalue weighted by Gasteiger charge is 2.27. The molecule has 1 aliphatic rings. The number of rotatable bonds is 5. The van der Waals surface area contributed by atoms with Gasteiger partial charge in [-0.25, -0.2) is 0 Å². The molecule has 2 atom stereocenters. The molecule has 3 heteroatoms. The quantitative estimate of drug-likeness (QED) is 0.812. The maximum absolute atomic E-state index is 5.48. The summed E-state index contributed by atoms with van der Waals surface area (Å²) in [5.74, 6) is 2.25. The number of ether oxygens (including phenoxy) is 1. The molecule has 2 rings (SSSR count). The predicted molar refractivity (Wildman–Crippen MR) is 70.6 cm³/mol. The van der Waals surface area contributed by atoms with Crippen molar-refractivity contribution >= 4 is 0 Å². The second-order valence-corrected chi connectivity index (χ2v) is 4.66. The van der Waals surface area contributed by atoms with Crippen molar-refractivity contribution in [2.24, 2.45) is 5.92 Å². The van der Waals surface area contributed by atoms with Crippen LogP contribution in [-0.4, -0.2) is 33.8 Å². The summed E-state index contributed by atoms with van der Waals surface area (Å²) in [6.45, 7) is 3.26. The minimum Gasteiger partial charge on any atom is -0.496 e. The topological polar surface area (TPSA) is 33.3 Å². The first-order chi connectivity index (χ1) is 8.36. The third-order valence-electron chi connectivity index (χ3n) is 3.63. The molecule has 0 spiro atoms.